The molecule has 0 aliphatic heterocycles. The van der Waals surface area contributed by atoms with Gasteiger partial charge in [-0.25, -0.2) is 0 Å². The predicted molar refractivity (Wildman–Crippen MR) is 70.7 cm³/mol. The van der Waals surface area contributed by atoms with Crippen LogP contribution in [0.3, 0.4) is 0 Å². The maximum absolute atomic E-state index is 3.97. The zero-order valence-corrected chi connectivity index (χ0v) is 10.7. The Hall–Kier alpha value is -0.850. The van der Waals surface area contributed by atoms with Crippen LogP contribution in [0, 0.1) is 0 Å². The third-order valence-corrected chi connectivity index (χ3v) is 2.56. The molecular weight excluding hydrogens is 182 g/mol. The summed E-state index contributed by atoms with van der Waals surface area (Å²) in [7, 11) is 1.83. The van der Waals surface area contributed by atoms with Crippen molar-refractivity contribution in [3.05, 3.63) is 23.3 Å². The van der Waals surface area contributed by atoms with E-state index in [9.17, 15) is 0 Å². The minimum atomic E-state index is 1.07. The predicted octanol–water partition coefficient (Wildman–Crippen LogP) is 4.55. The Balaban J connectivity index is 3.68. The number of allylic oxidation sites excluding steroid dienone is 4. The summed E-state index contributed by atoms with van der Waals surface area (Å²) >= 11 is 0. The zero-order chi connectivity index (χ0) is 11.5. The molecule has 15 heavy (non-hydrogen) atoms. The van der Waals surface area contributed by atoms with Crippen LogP contribution in [0.2, 0.25) is 0 Å². The van der Waals surface area contributed by atoms with Gasteiger partial charge in [-0.3, -0.25) is 0 Å². The van der Waals surface area contributed by atoms with E-state index in [1.807, 2.05) is 13.3 Å². The van der Waals surface area contributed by atoms with E-state index in [1.54, 1.807) is 0 Å². The highest BCUT2D eigenvalue weighted by Gasteiger charge is 1.89. The van der Waals surface area contributed by atoms with Crippen LogP contribution in [0.1, 0.15) is 52.9 Å². The van der Waals surface area contributed by atoms with Gasteiger partial charge in [0.25, 0.3) is 0 Å². The molecule has 0 spiro atoms. The second kappa shape index (κ2) is 9.70. The summed E-state index contributed by atoms with van der Waals surface area (Å²) < 4.78 is 0. The lowest BCUT2D eigenvalue weighted by molar-refractivity contribution is 0.933. The van der Waals surface area contributed by atoms with Gasteiger partial charge < -0.3 is 4.99 Å². The van der Waals surface area contributed by atoms with Crippen LogP contribution in [0.4, 0.5) is 0 Å². The minimum absolute atomic E-state index is 1.07. The van der Waals surface area contributed by atoms with Crippen LogP contribution in [0.25, 0.3) is 0 Å². The van der Waals surface area contributed by atoms with Crippen molar-refractivity contribution in [2.75, 3.05) is 7.05 Å². The van der Waals surface area contributed by atoms with E-state index >= 15 is 0 Å². The third kappa shape index (κ3) is 9.45. The highest BCUT2D eigenvalue weighted by atomic mass is 14.6. The largest absolute Gasteiger partial charge is 0.301 e. The first-order valence-corrected chi connectivity index (χ1v) is 5.92. The molecule has 86 valence electrons. The molecule has 0 radical (unpaired) electrons. The number of nitrogens with zero attached hydrogens (tertiary/aromatic N) is 1. The molecular formula is C14H25N. The monoisotopic (exact) mass is 207 g/mol. The highest BCUT2D eigenvalue weighted by molar-refractivity contribution is 5.56. The molecule has 0 N–H and O–H groups in total. The van der Waals surface area contributed by atoms with Crippen molar-refractivity contribution >= 4 is 6.21 Å². The van der Waals surface area contributed by atoms with Crippen LogP contribution in [-0.4, -0.2) is 13.3 Å². The second-order valence-electron chi connectivity index (χ2n) is 4.01. The molecule has 0 aromatic carbocycles. The summed E-state index contributed by atoms with van der Waals surface area (Å²) in [5.41, 5.74) is 3.00. The molecule has 1 heteroatoms. The van der Waals surface area contributed by atoms with Crippen LogP contribution < -0.4 is 0 Å². The van der Waals surface area contributed by atoms with Gasteiger partial charge in [-0.05, 0) is 52.2 Å². The first-order valence-electron chi connectivity index (χ1n) is 5.92. The van der Waals surface area contributed by atoms with Crippen molar-refractivity contribution in [3.63, 3.8) is 0 Å². The SMILES string of the molecule is CC/C(C)=C/CC/C(C)=C/CCC=NC. The van der Waals surface area contributed by atoms with Gasteiger partial charge in [0.1, 0.15) is 0 Å². The van der Waals surface area contributed by atoms with Crippen LogP contribution in [0.15, 0.2) is 28.3 Å². The van der Waals surface area contributed by atoms with Gasteiger partial charge in [0.15, 0.2) is 0 Å². The quantitative estimate of drug-likeness (QED) is 0.330. The van der Waals surface area contributed by atoms with E-state index in [-0.39, 0.29) is 0 Å². The van der Waals surface area contributed by atoms with Crippen molar-refractivity contribution in [2.45, 2.75) is 52.9 Å². The van der Waals surface area contributed by atoms with E-state index in [4.69, 9.17) is 0 Å². The van der Waals surface area contributed by atoms with Crippen molar-refractivity contribution in [3.8, 4) is 0 Å². The Morgan fingerprint density at radius 1 is 1.00 bits per heavy atom. The molecule has 0 fully saturated rings. The highest BCUT2D eigenvalue weighted by Crippen LogP contribution is 2.09. The lowest BCUT2D eigenvalue weighted by atomic mass is 10.1. The molecule has 0 aliphatic carbocycles. The van der Waals surface area contributed by atoms with Gasteiger partial charge in [-0.1, -0.05) is 30.2 Å². The molecule has 0 atom stereocenters. The molecule has 0 heterocycles. The van der Waals surface area contributed by atoms with E-state index in [2.05, 4.69) is 37.9 Å². The fourth-order valence-electron chi connectivity index (χ4n) is 1.33. The Morgan fingerprint density at radius 3 is 2.27 bits per heavy atom. The minimum Gasteiger partial charge on any atom is -0.301 e. The number of rotatable bonds is 7. The van der Waals surface area contributed by atoms with E-state index in [1.165, 1.54) is 30.4 Å². The number of hydrogen-bond donors (Lipinski definition) is 0. The van der Waals surface area contributed by atoms with Crippen molar-refractivity contribution in [1.82, 2.24) is 0 Å². The van der Waals surface area contributed by atoms with Crippen LogP contribution in [0.5, 0.6) is 0 Å². The molecule has 0 unspecified atom stereocenters. The van der Waals surface area contributed by atoms with Gasteiger partial charge in [-0.2, -0.15) is 0 Å². The van der Waals surface area contributed by atoms with Gasteiger partial charge in [-0.15, -0.1) is 0 Å². The molecule has 0 saturated carbocycles. The van der Waals surface area contributed by atoms with E-state index in [0.717, 1.165) is 12.8 Å². The van der Waals surface area contributed by atoms with Gasteiger partial charge in [0.05, 0.1) is 0 Å². The van der Waals surface area contributed by atoms with Crippen LogP contribution >= 0.6 is 0 Å². The zero-order valence-electron chi connectivity index (χ0n) is 10.7. The molecule has 0 amide bonds. The lowest BCUT2D eigenvalue weighted by Crippen LogP contribution is -1.80. The fourth-order valence-corrected chi connectivity index (χ4v) is 1.33. The summed E-state index contributed by atoms with van der Waals surface area (Å²) in [4.78, 5) is 3.97. The van der Waals surface area contributed by atoms with E-state index < -0.39 is 0 Å². The van der Waals surface area contributed by atoms with Gasteiger partial charge >= 0.3 is 0 Å². The first-order chi connectivity index (χ1) is 7.20. The molecule has 0 saturated heterocycles. The van der Waals surface area contributed by atoms with Crippen molar-refractivity contribution in [1.29, 1.82) is 0 Å². The van der Waals surface area contributed by atoms with Crippen molar-refractivity contribution in [2.24, 2.45) is 4.99 Å². The number of unbranched alkanes of at least 4 members (excludes halogenated alkanes) is 1. The summed E-state index contributed by atoms with van der Waals surface area (Å²) in [5, 5.41) is 0. The average molecular weight is 207 g/mol. The Bertz CT molecular complexity index is 234. The molecule has 0 aromatic rings. The standard InChI is InChI=1S/C14H25N/c1-5-13(2)10-8-11-14(3)9-6-7-12-15-4/h9-10,12H,5-8,11H2,1-4H3/b13-10+,14-9+,15-12?. The van der Waals surface area contributed by atoms with Crippen molar-refractivity contribution < 1.29 is 0 Å². The van der Waals surface area contributed by atoms with Gasteiger partial charge in [0.2, 0.25) is 0 Å². The average Bonchev–Trinajstić information content (AvgIpc) is 2.24. The smallest absolute Gasteiger partial charge is 0.0273 e. The maximum atomic E-state index is 3.97. The maximum Gasteiger partial charge on any atom is 0.0273 e. The Kier molecular flexibility index (Phi) is 9.15. The third-order valence-electron chi connectivity index (χ3n) is 2.56. The topological polar surface area (TPSA) is 12.4 Å². The summed E-state index contributed by atoms with van der Waals surface area (Å²) in [5.74, 6) is 0. The number of aliphatic imine (C=N–C) groups is 1. The Morgan fingerprint density at radius 2 is 1.67 bits per heavy atom. The molecule has 0 aromatic heterocycles. The normalized spacial score (nSPS) is 13.9. The summed E-state index contributed by atoms with van der Waals surface area (Å²) in [6.07, 6.45) is 12.4. The summed E-state index contributed by atoms with van der Waals surface area (Å²) in [6.45, 7) is 6.63. The molecule has 0 bridgehead atoms. The summed E-state index contributed by atoms with van der Waals surface area (Å²) in [6, 6.07) is 0. The Labute approximate surface area is 95.0 Å². The first kappa shape index (κ1) is 14.2. The molecule has 0 rings (SSSR count). The lowest BCUT2D eigenvalue weighted by Gasteiger charge is -1.99. The van der Waals surface area contributed by atoms with Gasteiger partial charge in [0, 0.05) is 7.05 Å². The number of hydrogen-bond acceptors (Lipinski definition) is 1. The molecule has 1 nitrogen and oxygen atoms in total. The van der Waals surface area contributed by atoms with Crippen LogP contribution in [-0.2, 0) is 0 Å². The fraction of sp³-hybridized carbons (Fsp3) is 0.643. The molecule has 0 aliphatic rings. The van der Waals surface area contributed by atoms with E-state index in [0.29, 0.717) is 0 Å². The second-order valence-corrected chi connectivity index (χ2v) is 4.01.